The number of hydrogen-bond donors (Lipinski definition) is 2. The van der Waals surface area contributed by atoms with Crippen LogP contribution in [0.4, 0.5) is 0 Å². The van der Waals surface area contributed by atoms with Crippen molar-refractivity contribution < 1.29 is 4.79 Å². The first-order valence-corrected chi connectivity index (χ1v) is 7.49. The van der Waals surface area contributed by atoms with Gasteiger partial charge in [0, 0.05) is 18.5 Å². The van der Waals surface area contributed by atoms with Crippen LogP contribution in [-0.4, -0.2) is 17.4 Å². The molecule has 1 aliphatic rings. The zero-order valence-corrected chi connectivity index (χ0v) is 12.9. The Balaban J connectivity index is 0.00000180. The minimum atomic E-state index is -0.0652. The number of nitrogens with one attached hydrogen (secondary N) is 1. The molecule has 0 atom stereocenters. The van der Waals surface area contributed by atoms with Crippen molar-refractivity contribution in [3.8, 4) is 0 Å². The number of carbonyl (C=O) groups is 1. The third-order valence-corrected chi connectivity index (χ3v) is 4.52. The molecule has 4 nitrogen and oxygen atoms in total. The van der Waals surface area contributed by atoms with Gasteiger partial charge in [-0.05, 0) is 24.7 Å². The second kappa shape index (κ2) is 7.82. The van der Waals surface area contributed by atoms with Gasteiger partial charge in [0.15, 0.2) is 0 Å². The Morgan fingerprint density at radius 1 is 1.47 bits per heavy atom. The van der Waals surface area contributed by atoms with Crippen LogP contribution in [0.5, 0.6) is 0 Å². The van der Waals surface area contributed by atoms with Crippen LogP contribution in [0.2, 0.25) is 0 Å². The van der Waals surface area contributed by atoms with E-state index < -0.39 is 0 Å². The summed E-state index contributed by atoms with van der Waals surface area (Å²) in [6.45, 7) is 3.48. The fourth-order valence-corrected chi connectivity index (χ4v) is 3.02. The average molecular weight is 304 g/mol. The number of thiazole rings is 1. The third kappa shape index (κ3) is 4.75. The van der Waals surface area contributed by atoms with Crippen LogP contribution in [-0.2, 0) is 6.54 Å². The molecule has 108 valence electrons. The molecule has 0 aliphatic heterocycles. The summed E-state index contributed by atoms with van der Waals surface area (Å²) in [5.74, 6) is 1.42. The summed E-state index contributed by atoms with van der Waals surface area (Å²) in [5.41, 5.74) is 5.99. The zero-order valence-electron chi connectivity index (χ0n) is 11.2. The van der Waals surface area contributed by atoms with Crippen LogP contribution in [0.15, 0.2) is 5.38 Å². The fraction of sp³-hybridized carbons (Fsp3) is 0.692. The van der Waals surface area contributed by atoms with Crippen molar-refractivity contribution >= 4 is 29.7 Å². The van der Waals surface area contributed by atoms with E-state index in [0.29, 0.717) is 18.2 Å². The highest BCUT2D eigenvalue weighted by Crippen LogP contribution is 2.27. The second-order valence-electron chi connectivity index (χ2n) is 5.17. The number of hydrogen-bond acceptors (Lipinski definition) is 4. The van der Waals surface area contributed by atoms with E-state index >= 15 is 0 Å². The summed E-state index contributed by atoms with van der Waals surface area (Å²) in [5, 5.41) is 5.58. The molecule has 0 bridgehead atoms. The minimum Gasteiger partial charge on any atom is -0.350 e. The Bertz CT molecular complexity index is 402. The quantitative estimate of drug-likeness (QED) is 0.898. The first-order chi connectivity index (χ1) is 8.69. The van der Waals surface area contributed by atoms with Crippen molar-refractivity contribution in [2.45, 2.75) is 39.2 Å². The van der Waals surface area contributed by atoms with Crippen molar-refractivity contribution in [2.24, 2.45) is 17.6 Å². The molecule has 19 heavy (non-hydrogen) atoms. The molecular weight excluding hydrogens is 282 g/mol. The molecule has 6 heteroatoms. The Kier molecular flexibility index (Phi) is 6.75. The van der Waals surface area contributed by atoms with Crippen LogP contribution >= 0.6 is 23.7 Å². The molecule has 1 heterocycles. The van der Waals surface area contributed by atoms with E-state index in [0.717, 1.165) is 17.5 Å². The average Bonchev–Trinajstić information content (AvgIpc) is 2.86. The summed E-state index contributed by atoms with van der Waals surface area (Å²) >= 11 is 1.44. The van der Waals surface area contributed by atoms with Gasteiger partial charge < -0.3 is 11.1 Å². The lowest BCUT2D eigenvalue weighted by molar-refractivity contribution is 0.0937. The van der Waals surface area contributed by atoms with Crippen molar-refractivity contribution in [2.75, 3.05) is 6.54 Å². The summed E-state index contributed by atoms with van der Waals surface area (Å²) in [4.78, 5) is 16.1. The largest absolute Gasteiger partial charge is 0.350 e. The number of rotatable bonds is 4. The molecule has 1 amide bonds. The Labute approximate surface area is 124 Å². The topological polar surface area (TPSA) is 68.0 Å². The highest BCUT2D eigenvalue weighted by molar-refractivity contribution is 7.09. The number of carbonyl (C=O) groups excluding carboxylic acids is 1. The first-order valence-electron chi connectivity index (χ1n) is 6.61. The van der Waals surface area contributed by atoms with Crippen molar-refractivity contribution in [3.05, 3.63) is 16.1 Å². The summed E-state index contributed by atoms with van der Waals surface area (Å²) < 4.78 is 0. The lowest BCUT2D eigenvalue weighted by Gasteiger charge is -2.26. The molecule has 0 aromatic carbocycles. The molecule has 0 unspecified atom stereocenters. The molecule has 1 aromatic rings. The van der Waals surface area contributed by atoms with E-state index in [1.165, 1.54) is 37.0 Å². The maximum atomic E-state index is 11.9. The molecule has 1 aromatic heterocycles. The lowest BCUT2D eigenvalue weighted by Crippen LogP contribution is -2.31. The molecule has 1 fully saturated rings. The number of nitrogens with zero attached hydrogens (tertiary/aromatic N) is 1. The number of amides is 1. The molecule has 0 saturated heterocycles. The monoisotopic (exact) mass is 303 g/mol. The fourth-order valence-electron chi connectivity index (χ4n) is 2.37. The number of nitrogens with two attached hydrogens (primary N) is 1. The van der Waals surface area contributed by atoms with Gasteiger partial charge in [0.25, 0.3) is 5.91 Å². The predicted molar refractivity (Wildman–Crippen MR) is 80.7 cm³/mol. The second-order valence-corrected chi connectivity index (χ2v) is 6.11. The van der Waals surface area contributed by atoms with E-state index in [9.17, 15) is 4.79 Å². The molecule has 2 rings (SSSR count). The van der Waals surface area contributed by atoms with Gasteiger partial charge >= 0.3 is 0 Å². The van der Waals surface area contributed by atoms with Gasteiger partial charge in [0.2, 0.25) is 0 Å². The van der Waals surface area contributed by atoms with Crippen molar-refractivity contribution in [1.29, 1.82) is 0 Å². The van der Waals surface area contributed by atoms with E-state index in [1.54, 1.807) is 5.38 Å². The first kappa shape index (κ1) is 16.4. The third-order valence-electron chi connectivity index (χ3n) is 3.65. The van der Waals surface area contributed by atoms with Gasteiger partial charge in [0.1, 0.15) is 10.7 Å². The van der Waals surface area contributed by atoms with Gasteiger partial charge in [-0.3, -0.25) is 4.79 Å². The summed E-state index contributed by atoms with van der Waals surface area (Å²) in [6.07, 6.45) is 5.03. The lowest BCUT2D eigenvalue weighted by atomic mass is 9.83. The number of aromatic nitrogens is 1. The Morgan fingerprint density at radius 3 is 2.74 bits per heavy atom. The maximum absolute atomic E-state index is 11.9. The van der Waals surface area contributed by atoms with Gasteiger partial charge in [-0.15, -0.1) is 23.7 Å². The van der Waals surface area contributed by atoms with Crippen LogP contribution < -0.4 is 11.1 Å². The minimum absolute atomic E-state index is 0. The van der Waals surface area contributed by atoms with Gasteiger partial charge in [0.05, 0.1) is 0 Å². The van der Waals surface area contributed by atoms with Gasteiger partial charge in [-0.2, -0.15) is 0 Å². The summed E-state index contributed by atoms with van der Waals surface area (Å²) in [7, 11) is 0. The van der Waals surface area contributed by atoms with E-state index in [4.69, 9.17) is 5.73 Å². The SMILES string of the molecule is CC1CCC(CNC(=O)c2csc(CN)n2)CC1.Cl. The van der Waals surface area contributed by atoms with Gasteiger partial charge in [-0.1, -0.05) is 19.8 Å². The molecular formula is C13H22ClN3OS. The molecule has 0 spiro atoms. The van der Waals surface area contributed by atoms with Crippen molar-refractivity contribution in [1.82, 2.24) is 10.3 Å². The van der Waals surface area contributed by atoms with Crippen LogP contribution in [0.25, 0.3) is 0 Å². The van der Waals surface area contributed by atoms with Crippen molar-refractivity contribution in [3.63, 3.8) is 0 Å². The van der Waals surface area contributed by atoms with Crippen LogP contribution in [0.1, 0.15) is 48.1 Å². The van der Waals surface area contributed by atoms with Gasteiger partial charge in [-0.25, -0.2) is 4.98 Å². The van der Waals surface area contributed by atoms with Crippen LogP contribution in [0.3, 0.4) is 0 Å². The Hall–Kier alpha value is -0.650. The number of halogens is 1. The molecule has 0 radical (unpaired) electrons. The molecule has 1 aliphatic carbocycles. The van der Waals surface area contributed by atoms with E-state index in [-0.39, 0.29) is 18.3 Å². The normalized spacial score (nSPS) is 22.6. The molecule has 3 N–H and O–H groups in total. The highest BCUT2D eigenvalue weighted by atomic mass is 35.5. The maximum Gasteiger partial charge on any atom is 0.270 e. The van der Waals surface area contributed by atoms with E-state index in [1.807, 2.05) is 0 Å². The highest BCUT2D eigenvalue weighted by Gasteiger charge is 2.19. The smallest absolute Gasteiger partial charge is 0.270 e. The molecule has 1 saturated carbocycles. The van der Waals surface area contributed by atoms with E-state index in [2.05, 4.69) is 17.2 Å². The standard InChI is InChI=1S/C13H21N3OS.ClH/c1-9-2-4-10(5-3-9)7-15-13(17)11-8-18-12(6-14)16-11;/h8-10H,2-7,14H2,1H3,(H,15,17);1H. The Morgan fingerprint density at radius 2 is 2.16 bits per heavy atom. The predicted octanol–water partition coefficient (Wildman–Crippen LogP) is 2.58. The van der Waals surface area contributed by atoms with Crippen LogP contribution in [0, 0.1) is 11.8 Å². The zero-order chi connectivity index (χ0) is 13.0. The summed E-state index contributed by atoms with van der Waals surface area (Å²) in [6, 6.07) is 0.